The van der Waals surface area contributed by atoms with Crippen LogP contribution in [-0.4, -0.2) is 59.0 Å². The summed E-state index contributed by atoms with van der Waals surface area (Å²) in [6.07, 6.45) is 4.24. The van der Waals surface area contributed by atoms with Crippen LogP contribution in [0.2, 0.25) is 0 Å². The topological polar surface area (TPSA) is 87.7 Å². The van der Waals surface area contributed by atoms with Crippen LogP contribution in [0.25, 0.3) is 0 Å². The molecule has 7 nitrogen and oxygen atoms in total. The van der Waals surface area contributed by atoms with Gasteiger partial charge in [-0.2, -0.15) is 11.8 Å². The number of rotatable bonds is 13. The number of hydrogen-bond acceptors (Lipinski definition) is 5. The monoisotopic (exact) mass is 521 g/mol. The SMILES string of the molecule is CCCCNC(=O)C(c1ccc(C)c(C)c1)N(C(=O)C(CCSC)NC(=O)OC(C)(C)C)C(C)CC. The summed E-state index contributed by atoms with van der Waals surface area (Å²) in [5, 5.41) is 5.82. The number of nitrogens with one attached hydrogen (secondary N) is 2. The standard InChI is InChI=1S/C28H47N3O4S/c1-10-12-16-29-25(32)24(22-14-13-19(3)20(4)18-22)31(21(5)11-2)26(33)23(15-17-36-9)30-27(34)35-28(6,7)8/h13-14,18,21,23-24H,10-12,15-17H2,1-9H3,(H,29,32)(H,30,34). The normalized spacial score (nSPS) is 13.9. The van der Waals surface area contributed by atoms with Crippen molar-refractivity contribution < 1.29 is 19.1 Å². The van der Waals surface area contributed by atoms with Gasteiger partial charge in [-0.3, -0.25) is 9.59 Å². The zero-order valence-electron chi connectivity index (χ0n) is 23.7. The first-order valence-corrected chi connectivity index (χ1v) is 14.4. The summed E-state index contributed by atoms with van der Waals surface area (Å²) in [5.74, 6) is 0.191. The summed E-state index contributed by atoms with van der Waals surface area (Å²) < 4.78 is 5.44. The maximum Gasteiger partial charge on any atom is 0.408 e. The highest BCUT2D eigenvalue weighted by Gasteiger charge is 2.38. The van der Waals surface area contributed by atoms with Gasteiger partial charge >= 0.3 is 6.09 Å². The molecule has 0 aliphatic rings. The first-order chi connectivity index (χ1) is 16.9. The predicted molar refractivity (Wildman–Crippen MR) is 149 cm³/mol. The second-order valence-electron chi connectivity index (χ2n) is 10.4. The van der Waals surface area contributed by atoms with Crippen molar-refractivity contribution in [3.63, 3.8) is 0 Å². The van der Waals surface area contributed by atoms with Crippen molar-refractivity contribution in [2.75, 3.05) is 18.6 Å². The van der Waals surface area contributed by atoms with Gasteiger partial charge < -0.3 is 20.3 Å². The zero-order valence-corrected chi connectivity index (χ0v) is 24.5. The molecule has 0 radical (unpaired) electrons. The van der Waals surface area contributed by atoms with E-state index in [0.29, 0.717) is 25.1 Å². The molecular formula is C28H47N3O4S. The van der Waals surface area contributed by atoms with Crippen LogP contribution in [0, 0.1) is 13.8 Å². The Morgan fingerprint density at radius 2 is 1.78 bits per heavy atom. The Kier molecular flexibility index (Phi) is 13.4. The number of alkyl carbamates (subject to hydrolysis) is 1. The number of amides is 3. The van der Waals surface area contributed by atoms with Crippen molar-refractivity contribution >= 4 is 29.7 Å². The van der Waals surface area contributed by atoms with Crippen molar-refractivity contribution in [1.29, 1.82) is 0 Å². The summed E-state index contributed by atoms with van der Waals surface area (Å²) in [5.41, 5.74) is 2.26. The largest absolute Gasteiger partial charge is 0.444 e. The third-order valence-electron chi connectivity index (χ3n) is 6.12. The van der Waals surface area contributed by atoms with E-state index in [1.54, 1.807) is 37.4 Å². The molecule has 0 aromatic heterocycles. The van der Waals surface area contributed by atoms with Gasteiger partial charge in [-0.15, -0.1) is 0 Å². The van der Waals surface area contributed by atoms with Gasteiger partial charge in [0.05, 0.1) is 0 Å². The van der Waals surface area contributed by atoms with Crippen LogP contribution < -0.4 is 10.6 Å². The molecule has 1 aromatic rings. The first kappa shape index (κ1) is 31.8. The minimum Gasteiger partial charge on any atom is -0.444 e. The number of carbonyl (C=O) groups is 3. The lowest BCUT2D eigenvalue weighted by molar-refractivity contribution is -0.145. The zero-order chi connectivity index (χ0) is 27.5. The van der Waals surface area contributed by atoms with E-state index in [0.717, 1.165) is 29.5 Å². The minimum atomic E-state index is -0.807. The van der Waals surface area contributed by atoms with Crippen LogP contribution in [0.3, 0.4) is 0 Å². The number of carbonyl (C=O) groups excluding carboxylic acids is 3. The van der Waals surface area contributed by atoms with Gasteiger partial charge in [0.1, 0.15) is 17.7 Å². The molecule has 0 spiro atoms. The molecule has 0 bridgehead atoms. The lowest BCUT2D eigenvalue weighted by Gasteiger charge is -2.38. The second kappa shape index (κ2) is 15.1. The summed E-state index contributed by atoms with van der Waals surface area (Å²) >= 11 is 1.60. The van der Waals surface area contributed by atoms with E-state index in [1.807, 2.05) is 52.1 Å². The highest BCUT2D eigenvalue weighted by molar-refractivity contribution is 7.98. The van der Waals surface area contributed by atoms with Crippen LogP contribution in [-0.2, 0) is 14.3 Å². The smallest absolute Gasteiger partial charge is 0.408 e. The van der Waals surface area contributed by atoms with Crippen molar-refractivity contribution in [2.24, 2.45) is 0 Å². The van der Waals surface area contributed by atoms with Crippen molar-refractivity contribution in [3.05, 3.63) is 34.9 Å². The Morgan fingerprint density at radius 3 is 2.31 bits per heavy atom. The summed E-state index contributed by atoms with van der Waals surface area (Å²) in [7, 11) is 0. The average Bonchev–Trinajstić information content (AvgIpc) is 2.80. The molecule has 8 heteroatoms. The molecule has 36 heavy (non-hydrogen) atoms. The molecule has 0 saturated heterocycles. The van der Waals surface area contributed by atoms with Gasteiger partial charge in [-0.05, 0) is 89.5 Å². The Balaban J connectivity index is 3.50. The fourth-order valence-corrected chi connectivity index (χ4v) is 4.25. The van der Waals surface area contributed by atoms with Crippen LogP contribution in [0.1, 0.15) is 90.0 Å². The van der Waals surface area contributed by atoms with E-state index in [-0.39, 0.29) is 17.9 Å². The fourth-order valence-electron chi connectivity index (χ4n) is 3.78. The van der Waals surface area contributed by atoms with Gasteiger partial charge in [0.15, 0.2) is 0 Å². The number of hydrogen-bond donors (Lipinski definition) is 2. The van der Waals surface area contributed by atoms with Crippen molar-refractivity contribution in [2.45, 2.75) is 105 Å². The molecule has 2 N–H and O–H groups in total. The maximum absolute atomic E-state index is 14.1. The second-order valence-corrected chi connectivity index (χ2v) is 11.4. The lowest BCUT2D eigenvalue weighted by Crippen LogP contribution is -2.55. The summed E-state index contributed by atoms with van der Waals surface area (Å²) in [6, 6.07) is 4.06. The van der Waals surface area contributed by atoms with Crippen LogP contribution >= 0.6 is 11.8 Å². The van der Waals surface area contributed by atoms with Gasteiger partial charge in [0.25, 0.3) is 0 Å². The van der Waals surface area contributed by atoms with E-state index in [4.69, 9.17) is 4.74 Å². The van der Waals surface area contributed by atoms with Crippen LogP contribution in [0.4, 0.5) is 4.79 Å². The summed E-state index contributed by atoms with van der Waals surface area (Å²) in [6.45, 7) is 15.9. The molecule has 3 atom stereocenters. The predicted octanol–water partition coefficient (Wildman–Crippen LogP) is 5.53. The minimum absolute atomic E-state index is 0.207. The van der Waals surface area contributed by atoms with Gasteiger partial charge in [-0.1, -0.05) is 38.5 Å². The van der Waals surface area contributed by atoms with Crippen LogP contribution in [0.15, 0.2) is 18.2 Å². The van der Waals surface area contributed by atoms with E-state index >= 15 is 0 Å². The molecule has 0 saturated carbocycles. The molecular weight excluding hydrogens is 474 g/mol. The molecule has 3 amide bonds. The number of thioether (sulfide) groups is 1. The number of ether oxygens (including phenoxy) is 1. The Labute approximate surface area is 222 Å². The highest BCUT2D eigenvalue weighted by Crippen LogP contribution is 2.28. The van der Waals surface area contributed by atoms with Crippen molar-refractivity contribution in [3.8, 4) is 0 Å². The van der Waals surface area contributed by atoms with Gasteiger partial charge in [0, 0.05) is 12.6 Å². The third kappa shape index (κ3) is 10.0. The first-order valence-electron chi connectivity index (χ1n) is 13.0. The maximum atomic E-state index is 14.1. The van der Waals surface area contributed by atoms with E-state index in [9.17, 15) is 14.4 Å². The van der Waals surface area contributed by atoms with E-state index < -0.39 is 23.8 Å². The Hall–Kier alpha value is -2.22. The molecule has 0 aliphatic heterocycles. The highest BCUT2D eigenvalue weighted by atomic mass is 32.2. The third-order valence-corrected chi connectivity index (χ3v) is 6.77. The Bertz CT molecular complexity index is 869. The van der Waals surface area contributed by atoms with Crippen molar-refractivity contribution in [1.82, 2.24) is 15.5 Å². The summed E-state index contributed by atoms with van der Waals surface area (Å²) in [4.78, 5) is 42.0. The molecule has 3 unspecified atom stereocenters. The number of nitrogens with zero attached hydrogens (tertiary/aromatic N) is 1. The Morgan fingerprint density at radius 1 is 1.11 bits per heavy atom. The van der Waals surface area contributed by atoms with Crippen LogP contribution in [0.5, 0.6) is 0 Å². The van der Waals surface area contributed by atoms with E-state index in [1.165, 1.54) is 0 Å². The molecule has 1 aromatic carbocycles. The molecule has 204 valence electrons. The number of aryl methyl sites for hydroxylation is 2. The van der Waals surface area contributed by atoms with E-state index in [2.05, 4.69) is 17.6 Å². The number of benzene rings is 1. The molecule has 0 fully saturated rings. The molecule has 0 aliphatic carbocycles. The lowest BCUT2D eigenvalue weighted by atomic mass is 9.96. The van der Waals surface area contributed by atoms with Gasteiger partial charge in [0.2, 0.25) is 11.8 Å². The fraction of sp³-hybridized carbons (Fsp3) is 0.679. The van der Waals surface area contributed by atoms with Gasteiger partial charge in [-0.25, -0.2) is 4.79 Å². The quantitative estimate of drug-likeness (QED) is 0.333. The molecule has 0 heterocycles. The average molecular weight is 522 g/mol. The molecule has 1 rings (SSSR count). The number of unbranched alkanes of at least 4 members (excludes halogenated alkanes) is 1.